The van der Waals surface area contributed by atoms with Crippen LogP contribution < -0.4 is 0 Å². The number of carbonyl (C=O) groups is 2. The second-order valence-corrected chi connectivity index (χ2v) is 17.9. The van der Waals surface area contributed by atoms with Crippen LogP contribution in [0.2, 0.25) is 18.1 Å². The van der Waals surface area contributed by atoms with Crippen molar-refractivity contribution in [3.63, 3.8) is 0 Å². The fourth-order valence-electron chi connectivity index (χ4n) is 5.07. The molecule has 2 aromatic carbocycles. The number of benzene rings is 2. The van der Waals surface area contributed by atoms with E-state index in [-0.39, 0.29) is 47.2 Å². The number of hydrogen-bond acceptors (Lipinski definition) is 7. The maximum Gasteiger partial charge on any atom is 0.356 e. The predicted molar refractivity (Wildman–Crippen MR) is 159 cm³/mol. The van der Waals surface area contributed by atoms with Crippen molar-refractivity contribution in [2.45, 2.75) is 77.3 Å². The smallest absolute Gasteiger partial charge is 0.356 e. The van der Waals surface area contributed by atoms with Crippen LogP contribution in [0.15, 0.2) is 65.2 Å². The van der Waals surface area contributed by atoms with E-state index in [2.05, 4.69) is 40.8 Å². The molecule has 2 aromatic rings. The number of esters is 1. The second kappa shape index (κ2) is 11.5. The van der Waals surface area contributed by atoms with Gasteiger partial charge in [-0.3, -0.25) is 14.9 Å². The molecule has 0 spiro atoms. The van der Waals surface area contributed by atoms with Crippen molar-refractivity contribution >= 4 is 37.6 Å². The number of thioether (sulfide) groups is 1. The number of non-ortho nitro benzene ring substituents is 1. The summed E-state index contributed by atoms with van der Waals surface area (Å²) in [4.78, 5) is 40.1. The number of nitrogens with zero attached hydrogens (tertiary/aromatic N) is 2. The van der Waals surface area contributed by atoms with Crippen LogP contribution in [0.5, 0.6) is 0 Å². The van der Waals surface area contributed by atoms with Crippen molar-refractivity contribution in [2.75, 3.05) is 0 Å². The van der Waals surface area contributed by atoms with Crippen LogP contribution in [0.4, 0.5) is 5.69 Å². The van der Waals surface area contributed by atoms with E-state index < -0.39 is 19.2 Å². The summed E-state index contributed by atoms with van der Waals surface area (Å²) in [5.74, 6) is -0.399. The van der Waals surface area contributed by atoms with Gasteiger partial charge in [-0.25, -0.2) is 4.79 Å². The van der Waals surface area contributed by atoms with Gasteiger partial charge in [-0.15, -0.1) is 11.8 Å². The Kier molecular flexibility index (Phi) is 8.63. The topological polar surface area (TPSA) is 99.0 Å². The average molecular weight is 583 g/mol. The Morgan fingerprint density at radius 1 is 1.10 bits per heavy atom. The Labute approximate surface area is 241 Å². The van der Waals surface area contributed by atoms with Crippen LogP contribution >= 0.6 is 11.8 Å². The first-order valence-electron chi connectivity index (χ1n) is 13.5. The summed E-state index contributed by atoms with van der Waals surface area (Å²) in [5, 5.41) is 11.0. The summed E-state index contributed by atoms with van der Waals surface area (Å²) in [6.07, 6.45) is -0.270. The van der Waals surface area contributed by atoms with Crippen molar-refractivity contribution in [2.24, 2.45) is 11.8 Å². The minimum atomic E-state index is -2.11. The highest BCUT2D eigenvalue weighted by Gasteiger charge is 2.61. The van der Waals surface area contributed by atoms with Gasteiger partial charge in [-0.1, -0.05) is 58.0 Å². The van der Waals surface area contributed by atoms with Crippen molar-refractivity contribution < 1.29 is 23.7 Å². The highest BCUT2D eigenvalue weighted by atomic mass is 32.2. The summed E-state index contributed by atoms with van der Waals surface area (Å²) < 4.78 is 12.3. The molecular formula is C30H38N2O6SSi. The van der Waals surface area contributed by atoms with Crippen LogP contribution in [0, 0.1) is 22.0 Å². The summed E-state index contributed by atoms with van der Waals surface area (Å²) in [6, 6.07) is 15.7. The zero-order valence-electron chi connectivity index (χ0n) is 24.2. The predicted octanol–water partition coefficient (Wildman–Crippen LogP) is 6.67. The summed E-state index contributed by atoms with van der Waals surface area (Å²) in [5.41, 5.74) is 2.03. The van der Waals surface area contributed by atoms with Gasteiger partial charge < -0.3 is 14.1 Å². The van der Waals surface area contributed by atoms with E-state index in [1.54, 1.807) is 28.8 Å². The Morgan fingerprint density at radius 3 is 2.30 bits per heavy atom. The molecule has 1 unspecified atom stereocenters. The zero-order valence-corrected chi connectivity index (χ0v) is 26.0. The van der Waals surface area contributed by atoms with Crippen molar-refractivity contribution in [1.82, 2.24) is 4.90 Å². The second-order valence-electron chi connectivity index (χ2n) is 12.1. The molecule has 10 heteroatoms. The first-order valence-corrected chi connectivity index (χ1v) is 17.4. The van der Waals surface area contributed by atoms with Crippen LogP contribution in [0.3, 0.4) is 0 Å². The number of ether oxygens (including phenoxy) is 1. The Bertz CT molecular complexity index is 1310. The van der Waals surface area contributed by atoms with Crippen molar-refractivity contribution in [3.05, 3.63) is 86.4 Å². The number of β-lactam (4-membered cyclic amide) rings is 1. The lowest BCUT2D eigenvalue weighted by molar-refractivity contribution is -0.384. The van der Waals surface area contributed by atoms with Gasteiger partial charge in [0.25, 0.3) is 5.69 Å². The van der Waals surface area contributed by atoms with E-state index in [1.165, 1.54) is 12.1 Å². The zero-order chi connectivity index (χ0) is 29.4. The van der Waals surface area contributed by atoms with Gasteiger partial charge in [0.15, 0.2) is 8.32 Å². The number of nitro benzene ring substituents is 1. The molecule has 0 N–H and O–H groups in total. The monoisotopic (exact) mass is 582 g/mol. The van der Waals surface area contributed by atoms with Crippen molar-refractivity contribution in [3.8, 4) is 0 Å². The SMILES string of the molecule is CC(O[Si](C)(C)C(C)(C)C)[C@H]1C(=O)N2C(C(=O)OCc3ccc([N+](=O)[O-])cc3)=C(SCc3ccccc3)[C@H](C)[C@H]12. The number of rotatable bonds is 10. The molecule has 8 nitrogen and oxygen atoms in total. The average Bonchev–Trinajstić information content (AvgIpc) is 3.13. The molecule has 0 aromatic heterocycles. The number of fused-ring (bicyclic) bond motifs is 1. The lowest BCUT2D eigenvalue weighted by atomic mass is 9.79. The lowest BCUT2D eigenvalue weighted by Gasteiger charge is -2.50. The maximum atomic E-state index is 13.6. The quantitative estimate of drug-likeness (QED) is 0.101. The highest BCUT2D eigenvalue weighted by Crippen LogP contribution is 2.52. The van der Waals surface area contributed by atoms with Gasteiger partial charge >= 0.3 is 5.97 Å². The van der Waals surface area contributed by atoms with Gasteiger partial charge in [0.2, 0.25) is 5.91 Å². The Morgan fingerprint density at radius 2 is 1.73 bits per heavy atom. The van der Waals surface area contributed by atoms with E-state index >= 15 is 0 Å². The van der Waals surface area contributed by atoms with Crippen LogP contribution in [0.1, 0.15) is 45.7 Å². The normalized spacial score (nSPS) is 21.6. The summed E-state index contributed by atoms with van der Waals surface area (Å²) in [7, 11) is -2.11. The Hall–Kier alpha value is -2.95. The molecule has 0 aliphatic carbocycles. The largest absolute Gasteiger partial charge is 0.456 e. The van der Waals surface area contributed by atoms with Crippen LogP contribution in [0.25, 0.3) is 0 Å². The molecule has 40 heavy (non-hydrogen) atoms. The van der Waals surface area contributed by atoms with Gasteiger partial charge in [0.1, 0.15) is 12.3 Å². The molecule has 214 valence electrons. The number of hydrogen-bond donors (Lipinski definition) is 0. The molecule has 1 saturated heterocycles. The summed E-state index contributed by atoms with van der Waals surface area (Å²) in [6.45, 7) is 14.9. The minimum Gasteiger partial charge on any atom is -0.456 e. The molecule has 2 aliphatic rings. The molecule has 2 aliphatic heterocycles. The van der Waals surface area contributed by atoms with Gasteiger partial charge in [-0.05, 0) is 48.3 Å². The molecule has 0 bridgehead atoms. The molecule has 4 atom stereocenters. The van der Waals surface area contributed by atoms with E-state index in [9.17, 15) is 19.7 Å². The number of amides is 1. The molecular weight excluding hydrogens is 544 g/mol. The van der Waals surface area contributed by atoms with Crippen molar-refractivity contribution in [1.29, 1.82) is 0 Å². The summed E-state index contributed by atoms with van der Waals surface area (Å²) >= 11 is 1.57. The standard InChI is InChI=1S/C30H38N2O6SSi/c1-19-25-24(20(2)38-40(6,7)30(3,4)5)28(33)31(25)26(27(19)39-18-22-11-9-8-10-12-22)29(34)37-17-21-13-15-23(16-14-21)32(35)36/h8-16,19-20,24-25H,17-18H2,1-7H3/t19-,20?,24-,25-/m1/s1. The van der Waals surface area contributed by atoms with E-state index in [0.717, 1.165) is 10.5 Å². The van der Waals surface area contributed by atoms with Gasteiger partial charge in [-0.2, -0.15) is 0 Å². The van der Waals surface area contributed by atoms with E-state index in [4.69, 9.17) is 9.16 Å². The van der Waals surface area contributed by atoms with E-state index in [0.29, 0.717) is 17.0 Å². The first kappa shape index (κ1) is 30.0. The first-order chi connectivity index (χ1) is 18.7. The fraction of sp³-hybridized carbons (Fsp3) is 0.467. The fourth-order valence-corrected chi connectivity index (χ4v) is 7.74. The molecule has 0 saturated carbocycles. The molecule has 1 fully saturated rings. The Balaban J connectivity index is 1.56. The van der Waals surface area contributed by atoms with Gasteiger partial charge in [0.05, 0.1) is 23.0 Å². The molecule has 2 heterocycles. The third kappa shape index (κ3) is 5.89. The highest BCUT2D eigenvalue weighted by molar-refractivity contribution is 8.02. The third-order valence-electron chi connectivity index (χ3n) is 8.33. The molecule has 4 rings (SSSR count). The minimum absolute atomic E-state index is 0.0107. The number of carbonyl (C=O) groups excluding carboxylic acids is 2. The molecule has 1 amide bonds. The van der Waals surface area contributed by atoms with Crippen LogP contribution in [-0.2, 0) is 31.1 Å². The van der Waals surface area contributed by atoms with Gasteiger partial charge in [0, 0.05) is 28.7 Å². The van der Waals surface area contributed by atoms with E-state index in [1.807, 2.05) is 37.3 Å². The number of nitro groups is 1. The lowest BCUT2D eigenvalue weighted by Crippen LogP contribution is -2.65. The van der Waals surface area contributed by atoms with Crippen LogP contribution in [-0.4, -0.2) is 42.2 Å². The maximum absolute atomic E-state index is 13.6. The third-order valence-corrected chi connectivity index (χ3v) is 14.3. The molecule has 0 radical (unpaired) electrons.